The molecule has 0 saturated carbocycles. The number of fused-ring (bicyclic) bond motifs is 1. The van der Waals surface area contributed by atoms with Gasteiger partial charge in [-0.05, 0) is 25.3 Å². The average Bonchev–Trinajstić information content (AvgIpc) is 2.83. The molecule has 0 N–H and O–H groups in total. The summed E-state index contributed by atoms with van der Waals surface area (Å²) in [5, 5.41) is 1.24. The molecule has 1 aliphatic rings. The van der Waals surface area contributed by atoms with Crippen molar-refractivity contribution in [3.63, 3.8) is 0 Å². The lowest BCUT2D eigenvalue weighted by molar-refractivity contribution is -0.129. The lowest BCUT2D eigenvalue weighted by Gasteiger charge is -2.26. The number of aromatic nitrogens is 1. The van der Waals surface area contributed by atoms with E-state index >= 15 is 0 Å². The Hall–Kier alpha value is -1.42. The fraction of sp³-hybridized carbons (Fsp3) is 0.438. The second-order valence-electron chi connectivity index (χ2n) is 5.35. The van der Waals surface area contributed by atoms with Crippen molar-refractivity contribution in [2.24, 2.45) is 7.05 Å². The van der Waals surface area contributed by atoms with Gasteiger partial charge in [-0.2, -0.15) is 0 Å². The third kappa shape index (κ3) is 2.70. The first-order valence-corrected chi connectivity index (χ1v) is 8.19. The fourth-order valence-electron chi connectivity index (χ4n) is 2.79. The number of aryl methyl sites for hydroxylation is 1. The van der Waals surface area contributed by atoms with Crippen molar-refractivity contribution in [3.8, 4) is 0 Å². The first-order valence-electron chi connectivity index (χ1n) is 7.20. The van der Waals surface area contributed by atoms with E-state index in [4.69, 9.17) is 0 Å². The van der Waals surface area contributed by atoms with Crippen LogP contribution in [-0.2, 0) is 11.8 Å². The van der Waals surface area contributed by atoms with Crippen LogP contribution < -0.4 is 0 Å². The number of likely N-dealkylation sites (tertiary alicyclic amines) is 1. The van der Waals surface area contributed by atoms with Gasteiger partial charge in [0.05, 0.1) is 5.75 Å². The Morgan fingerprint density at radius 1 is 1.20 bits per heavy atom. The van der Waals surface area contributed by atoms with Crippen molar-refractivity contribution in [2.75, 3.05) is 18.8 Å². The smallest absolute Gasteiger partial charge is 0.232 e. The second-order valence-corrected chi connectivity index (χ2v) is 6.37. The molecule has 1 fully saturated rings. The van der Waals surface area contributed by atoms with E-state index < -0.39 is 0 Å². The summed E-state index contributed by atoms with van der Waals surface area (Å²) in [4.78, 5) is 15.4. The van der Waals surface area contributed by atoms with Gasteiger partial charge in [0.25, 0.3) is 0 Å². The zero-order valence-corrected chi connectivity index (χ0v) is 12.7. The van der Waals surface area contributed by atoms with Gasteiger partial charge in [0.15, 0.2) is 0 Å². The van der Waals surface area contributed by atoms with Crippen LogP contribution in [0.1, 0.15) is 19.3 Å². The van der Waals surface area contributed by atoms with Gasteiger partial charge in [-0.1, -0.05) is 18.2 Å². The van der Waals surface area contributed by atoms with E-state index in [1.54, 1.807) is 11.8 Å². The minimum Gasteiger partial charge on any atom is -0.349 e. The van der Waals surface area contributed by atoms with Crippen LogP contribution in [0.5, 0.6) is 0 Å². The van der Waals surface area contributed by atoms with E-state index in [1.807, 2.05) is 4.90 Å². The van der Waals surface area contributed by atoms with Crippen molar-refractivity contribution in [2.45, 2.75) is 24.2 Å². The second kappa shape index (κ2) is 5.92. The van der Waals surface area contributed by atoms with Gasteiger partial charge in [0.2, 0.25) is 5.91 Å². The summed E-state index contributed by atoms with van der Waals surface area (Å²) in [5.41, 5.74) is 1.22. The monoisotopic (exact) mass is 288 g/mol. The molecule has 3 rings (SSSR count). The molecule has 4 heteroatoms. The van der Waals surface area contributed by atoms with Gasteiger partial charge in [-0.15, -0.1) is 11.8 Å². The van der Waals surface area contributed by atoms with Crippen molar-refractivity contribution < 1.29 is 4.79 Å². The molecule has 1 aromatic heterocycles. The van der Waals surface area contributed by atoms with Gasteiger partial charge in [0, 0.05) is 42.1 Å². The summed E-state index contributed by atoms with van der Waals surface area (Å²) in [7, 11) is 2.05. The van der Waals surface area contributed by atoms with Crippen molar-refractivity contribution in [1.82, 2.24) is 9.47 Å². The Morgan fingerprint density at radius 3 is 2.75 bits per heavy atom. The number of carbonyl (C=O) groups is 1. The number of carbonyl (C=O) groups excluding carboxylic acids is 1. The van der Waals surface area contributed by atoms with E-state index in [-0.39, 0.29) is 5.91 Å². The van der Waals surface area contributed by atoms with E-state index in [1.165, 1.54) is 22.2 Å². The summed E-state index contributed by atoms with van der Waals surface area (Å²) in [6.45, 7) is 1.88. The van der Waals surface area contributed by atoms with Gasteiger partial charge in [-0.25, -0.2) is 0 Å². The van der Waals surface area contributed by atoms with E-state index in [0.29, 0.717) is 5.75 Å². The molecule has 0 bridgehead atoms. The van der Waals surface area contributed by atoms with Crippen LogP contribution in [-0.4, -0.2) is 34.2 Å². The third-order valence-corrected chi connectivity index (χ3v) is 4.95. The van der Waals surface area contributed by atoms with E-state index in [0.717, 1.165) is 25.9 Å². The first kappa shape index (κ1) is 13.6. The topological polar surface area (TPSA) is 25.2 Å². The number of thioether (sulfide) groups is 1. The Labute approximate surface area is 123 Å². The zero-order valence-electron chi connectivity index (χ0n) is 11.8. The van der Waals surface area contributed by atoms with Crippen LogP contribution in [0.25, 0.3) is 10.9 Å². The molecule has 1 saturated heterocycles. The molecule has 0 radical (unpaired) electrons. The first-order chi connectivity index (χ1) is 9.75. The summed E-state index contributed by atoms with van der Waals surface area (Å²) >= 11 is 1.66. The average molecular weight is 288 g/mol. The molecule has 2 heterocycles. The number of rotatable bonds is 3. The summed E-state index contributed by atoms with van der Waals surface area (Å²) in [6.07, 6.45) is 5.70. The summed E-state index contributed by atoms with van der Waals surface area (Å²) < 4.78 is 2.13. The molecule has 1 amide bonds. The van der Waals surface area contributed by atoms with Gasteiger partial charge in [-0.3, -0.25) is 4.79 Å². The molecule has 20 heavy (non-hydrogen) atoms. The van der Waals surface area contributed by atoms with Gasteiger partial charge >= 0.3 is 0 Å². The van der Waals surface area contributed by atoms with Crippen LogP contribution in [0.3, 0.4) is 0 Å². The Balaban J connectivity index is 1.69. The summed E-state index contributed by atoms with van der Waals surface area (Å²) in [6, 6.07) is 8.35. The Kier molecular flexibility index (Phi) is 4.01. The molecule has 1 aliphatic heterocycles. The lowest BCUT2D eigenvalue weighted by Crippen LogP contribution is -2.36. The largest absolute Gasteiger partial charge is 0.349 e. The normalized spacial score (nSPS) is 15.8. The predicted molar refractivity (Wildman–Crippen MR) is 84.1 cm³/mol. The Morgan fingerprint density at radius 2 is 1.95 bits per heavy atom. The van der Waals surface area contributed by atoms with Crippen LogP contribution in [0.2, 0.25) is 0 Å². The van der Waals surface area contributed by atoms with Crippen LogP contribution in [0.4, 0.5) is 0 Å². The van der Waals surface area contributed by atoms with Crippen molar-refractivity contribution in [1.29, 1.82) is 0 Å². The van der Waals surface area contributed by atoms with Crippen LogP contribution in [0.15, 0.2) is 35.4 Å². The van der Waals surface area contributed by atoms with E-state index in [9.17, 15) is 4.79 Å². The number of benzene rings is 1. The maximum absolute atomic E-state index is 12.2. The number of hydrogen-bond donors (Lipinski definition) is 0. The predicted octanol–water partition coefficient (Wildman–Crippen LogP) is 3.28. The fourth-order valence-corrected chi connectivity index (χ4v) is 3.82. The number of amides is 1. The molecule has 2 aromatic rings. The minimum absolute atomic E-state index is 0.280. The van der Waals surface area contributed by atoms with Crippen molar-refractivity contribution in [3.05, 3.63) is 30.5 Å². The summed E-state index contributed by atoms with van der Waals surface area (Å²) in [5.74, 6) is 0.830. The minimum atomic E-state index is 0.280. The van der Waals surface area contributed by atoms with Crippen LogP contribution >= 0.6 is 11.8 Å². The molecule has 0 spiro atoms. The number of hydrogen-bond acceptors (Lipinski definition) is 2. The van der Waals surface area contributed by atoms with Crippen LogP contribution in [0, 0.1) is 0 Å². The van der Waals surface area contributed by atoms with Gasteiger partial charge in [0.1, 0.15) is 0 Å². The highest BCUT2D eigenvalue weighted by molar-refractivity contribution is 8.00. The molecule has 3 nitrogen and oxygen atoms in total. The quantitative estimate of drug-likeness (QED) is 0.810. The molecule has 0 unspecified atom stereocenters. The number of piperidine rings is 1. The number of para-hydroxylation sites is 1. The lowest BCUT2D eigenvalue weighted by atomic mass is 10.1. The highest BCUT2D eigenvalue weighted by Crippen LogP contribution is 2.29. The maximum atomic E-state index is 12.2. The SMILES string of the molecule is Cn1cc(SCC(=O)N2CCCCC2)c2ccccc21. The van der Waals surface area contributed by atoms with Crippen molar-refractivity contribution >= 4 is 28.6 Å². The molecule has 1 aromatic carbocycles. The molecule has 0 aliphatic carbocycles. The standard InChI is InChI=1S/C16H20N2OS/c1-17-11-15(13-7-3-4-8-14(13)17)20-12-16(19)18-9-5-2-6-10-18/h3-4,7-8,11H,2,5-6,9-10,12H2,1H3. The molecule has 0 atom stereocenters. The highest BCUT2D eigenvalue weighted by atomic mass is 32.2. The highest BCUT2D eigenvalue weighted by Gasteiger charge is 2.17. The van der Waals surface area contributed by atoms with E-state index in [2.05, 4.69) is 42.1 Å². The number of nitrogens with zero attached hydrogens (tertiary/aromatic N) is 2. The third-order valence-electron chi connectivity index (χ3n) is 3.92. The molecular formula is C16H20N2OS. The zero-order chi connectivity index (χ0) is 13.9. The molecular weight excluding hydrogens is 268 g/mol. The molecule has 106 valence electrons. The van der Waals surface area contributed by atoms with Gasteiger partial charge < -0.3 is 9.47 Å². The maximum Gasteiger partial charge on any atom is 0.232 e. The Bertz CT molecular complexity index is 614.